The summed E-state index contributed by atoms with van der Waals surface area (Å²) in [6, 6.07) is 15.3. The molecule has 10 nitrogen and oxygen atoms in total. The molecule has 0 radical (unpaired) electrons. The minimum absolute atomic E-state index is 0.0241. The lowest BCUT2D eigenvalue weighted by molar-refractivity contribution is -0.0589. The van der Waals surface area contributed by atoms with Crippen molar-refractivity contribution in [2.45, 2.75) is 39.0 Å². The van der Waals surface area contributed by atoms with Crippen molar-refractivity contribution in [3.63, 3.8) is 0 Å². The number of aromatic nitrogens is 4. The first kappa shape index (κ1) is 28.7. The number of carbonyl (C=O) groups is 1. The number of halogens is 2. The van der Waals surface area contributed by atoms with Crippen LogP contribution in [0, 0.1) is 29.9 Å². The van der Waals surface area contributed by atoms with E-state index in [4.69, 9.17) is 19.5 Å². The van der Waals surface area contributed by atoms with E-state index in [1.807, 2.05) is 29.7 Å². The number of aromatic carboxylic acids is 1. The molecule has 0 bridgehead atoms. The lowest BCUT2D eigenvalue weighted by atomic mass is 10.0. The Morgan fingerprint density at radius 1 is 1.14 bits per heavy atom. The van der Waals surface area contributed by atoms with Crippen molar-refractivity contribution < 1.29 is 32.9 Å². The highest BCUT2D eigenvalue weighted by Gasteiger charge is 2.24. The Hall–Kier alpha value is -5.41. The highest BCUT2D eigenvalue weighted by molar-refractivity contribution is 5.92. The first-order valence-corrected chi connectivity index (χ1v) is 13.7. The maximum absolute atomic E-state index is 14.9. The van der Waals surface area contributed by atoms with E-state index in [0.29, 0.717) is 36.7 Å². The fourth-order valence-corrected chi connectivity index (χ4v) is 4.88. The molecule has 1 saturated heterocycles. The second kappa shape index (κ2) is 12.1. The van der Waals surface area contributed by atoms with Crippen LogP contribution in [0.15, 0.2) is 60.8 Å². The number of imidazole rings is 1. The Labute approximate surface area is 250 Å². The highest BCUT2D eigenvalue weighted by atomic mass is 19.1. The van der Waals surface area contributed by atoms with Gasteiger partial charge < -0.3 is 23.9 Å². The number of carboxylic acid groups (broad SMARTS) is 1. The average Bonchev–Trinajstić information content (AvgIpc) is 3.33. The van der Waals surface area contributed by atoms with Crippen molar-refractivity contribution in [3.8, 4) is 23.4 Å². The van der Waals surface area contributed by atoms with Gasteiger partial charge in [-0.3, -0.25) is 0 Å². The molecular weight excluding hydrogens is 572 g/mol. The van der Waals surface area contributed by atoms with Crippen LogP contribution in [0.25, 0.3) is 11.0 Å². The third-order valence-electron chi connectivity index (χ3n) is 7.30. The van der Waals surface area contributed by atoms with Gasteiger partial charge in [0.2, 0.25) is 5.88 Å². The molecule has 1 aliphatic heterocycles. The standard InChI is InChI=1S/C32H25F2N5O5/c1-18-10-22(44-30-6-8-36-28(37-30)17-43-27-5-2-19(15-35)11-24(27)33)4-3-20(18)14-29-38-31-25(34)12-21(32(40)41)13-26(31)39(29)16-23-7-9-42-23/h2-6,8,10-13,23H,7,9,14,16-17H2,1H3,(H,40,41). The van der Waals surface area contributed by atoms with Crippen LogP contribution in [0.5, 0.6) is 17.4 Å². The Morgan fingerprint density at radius 2 is 1.98 bits per heavy atom. The van der Waals surface area contributed by atoms with Crippen molar-refractivity contribution in [2.24, 2.45) is 0 Å². The molecule has 1 N–H and O–H groups in total. The van der Waals surface area contributed by atoms with Crippen LogP contribution in [0.3, 0.4) is 0 Å². The van der Waals surface area contributed by atoms with E-state index < -0.39 is 17.6 Å². The van der Waals surface area contributed by atoms with Gasteiger partial charge in [-0.15, -0.1) is 0 Å². The van der Waals surface area contributed by atoms with Crippen molar-refractivity contribution >= 4 is 17.0 Å². The number of carboxylic acids is 1. The molecule has 12 heteroatoms. The zero-order valence-corrected chi connectivity index (χ0v) is 23.5. The van der Waals surface area contributed by atoms with Crippen LogP contribution in [0.1, 0.15) is 45.1 Å². The zero-order valence-electron chi connectivity index (χ0n) is 23.5. The number of nitriles is 1. The Kier molecular flexibility index (Phi) is 7.87. The summed E-state index contributed by atoms with van der Waals surface area (Å²) >= 11 is 0. The highest BCUT2D eigenvalue weighted by Crippen LogP contribution is 2.28. The first-order valence-electron chi connectivity index (χ1n) is 13.7. The van der Waals surface area contributed by atoms with Crippen LogP contribution in [0.4, 0.5) is 8.78 Å². The number of hydrogen-bond acceptors (Lipinski definition) is 8. The Bertz CT molecular complexity index is 1930. The number of aryl methyl sites for hydroxylation is 1. The molecule has 3 aromatic carbocycles. The van der Waals surface area contributed by atoms with Gasteiger partial charge in [0.15, 0.2) is 23.2 Å². The van der Waals surface area contributed by atoms with Crippen molar-refractivity contribution in [1.29, 1.82) is 5.26 Å². The van der Waals surface area contributed by atoms with Crippen LogP contribution < -0.4 is 9.47 Å². The summed E-state index contributed by atoms with van der Waals surface area (Å²) in [6.45, 7) is 2.89. The van der Waals surface area contributed by atoms with Gasteiger partial charge in [-0.25, -0.2) is 23.5 Å². The smallest absolute Gasteiger partial charge is 0.335 e. The molecule has 0 saturated carbocycles. The van der Waals surface area contributed by atoms with Crippen molar-refractivity contribution in [3.05, 3.63) is 106 Å². The second-order valence-corrected chi connectivity index (χ2v) is 10.3. The van der Waals surface area contributed by atoms with E-state index in [1.165, 1.54) is 24.4 Å². The molecule has 1 fully saturated rings. The van der Waals surface area contributed by atoms with Gasteiger partial charge in [0.25, 0.3) is 0 Å². The molecule has 5 aromatic rings. The summed E-state index contributed by atoms with van der Waals surface area (Å²) in [4.78, 5) is 24.6. The minimum atomic E-state index is -1.21. The van der Waals surface area contributed by atoms with Gasteiger partial charge in [0.1, 0.15) is 23.7 Å². The SMILES string of the molecule is Cc1cc(Oc2ccnc(COc3ccc(C#N)cc3F)n2)ccc1Cc1nc2c(F)cc(C(=O)O)cc2n1CC1CCO1. The van der Waals surface area contributed by atoms with Crippen LogP contribution in [-0.2, 0) is 24.3 Å². The molecule has 222 valence electrons. The number of rotatable bonds is 10. The van der Waals surface area contributed by atoms with Crippen molar-refractivity contribution in [2.75, 3.05) is 6.61 Å². The predicted octanol–water partition coefficient (Wildman–Crippen LogP) is 5.73. The maximum atomic E-state index is 14.9. The van der Waals surface area contributed by atoms with E-state index in [0.717, 1.165) is 29.7 Å². The van der Waals surface area contributed by atoms with Crippen molar-refractivity contribution in [1.82, 2.24) is 19.5 Å². The molecule has 6 rings (SSSR count). The summed E-state index contributed by atoms with van der Waals surface area (Å²) in [7, 11) is 0. The minimum Gasteiger partial charge on any atom is -0.483 e. The molecule has 1 aliphatic rings. The Morgan fingerprint density at radius 3 is 2.68 bits per heavy atom. The molecule has 0 spiro atoms. The number of benzene rings is 3. The summed E-state index contributed by atoms with van der Waals surface area (Å²) in [5.41, 5.74) is 2.39. The molecule has 3 heterocycles. The lowest BCUT2D eigenvalue weighted by Gasteiger charge is -2.27. The summed E-state index contributed by atoms with van der Waals surface area (Å²) in [5, 5.41) is 18.3. The topological polar surface area (TPSA) is 132 Å². The molecule has 0 amide bonds. The monoisotopic (exact) mass is 597 g/mol. The van der Waals surface area contributed by atoms with E-state index in [9.17, 15) is 18.7 Å². The third-order valence-corrected chi connectivity index (χ3v) is 7.30. The van der Waals surface area contributed by atoms with Gasteiger partial charge in [-0.2, -0.15) is 10.2 Å². The quantitative estimate of drug-likeness (QED) is 0.214. The van der Waals surface area contributed by atoms with Crippen LogP contribution in [0.2, 0.25) is 0 Å². The van der Waals surface area contributed by atoms with Gasteiger partial charge in [-0.05, 0) is 66.9 Å². The summed E-state index contributed by atoms with van der Waals surface area (Å²) < 4.78 is 47.9. The largest absolute Gasteiger partial charge is 0.483 e. The fraction of sp³-hybridized carbons (Fsp3) is 0.219. The fourth-order valence-electron chi connectivity index (χ4n) is 4.88. The van der Waals surface area contributed by atoms with Crippen LogP contribution >= 0.6 is 0 Å². The van der Waals surface area contributed by atoms with Gasteiger partial charge in [0, 0.05) is 25.3 Å². The van der Waals surface area contributed by atoms with E-state index in [1.54, 1.807) is 12.1 Å². The Balaban J connectivity index is 1.19. The number of fused-ring (bicyclic) bond motifs is 1. The first-order chi connectivity index (χ1) is 21.3. The molecule has 0 aliphatic carbocycles. The molecule has 1 atom stereocenters. The number of hydrogen-bond donors (Lipinski definition) is 1. The van der Waals surface area contributed by atoms with E-state index in [2.05, 4.69) is 15.0 Å². The molecule has 44 heavy (non-hydrogen) atoms. The predicted molar refractivity (Wildman–Crippen MR) is 153 cm³/mol. The summed E-state index contributed by atoms with van der Waals surface area (Å²) in [5.74, 6) is -0.943. The normalized spacial score (nSPS) is 14.2. The van der Waals surface area contributed by atoms with E-state index >= 15 is 0 Å². The number of ether oxygens (including phenoxy) is 3. The number of nitrogens with zero attached hydrogens (tertiary/aromatic N) is 5. The third kappa shape index (κ3) is 6.04. The molecule has 1 unspecified atom stereocenters. The zero-order chi connectivity index (χ0) is 30.8. The van der Waals surface area contributed by atoms with Gasteiger partial charge in [0.05, 0.1) is 35.4 Å². The molecular formula is C32H25F2N5O5. The lowest BCUT2D eigenvalue weighted by Crippen LogP contribution is -2.31. The molecule has 2 aromatic heterocycles. The second-order valence-electron chi connectivity index (χ2n) is 10.3. The van der Waals surface area contributed by atoms with Gasteiger partial charge >= 0.3 is 5.97 Å². The summed E-state index contributed by atoms with van der Waals surface area (Å²) in [6.07, 6.45) is 2.68. The van der Waals surface area contributed by atoms with E-state index in [-0.39, 0.29) is 46.8 Å². The van der Waals surface area contributed by atoms with Gasteiger partial charge in [-0.1, -0.05) is 6.07 Å². The van der Waals surface area contributed by atoms with Crippen LogP contribution in [-0.4, -0.2) is 43.3 Å². The average molecular weight is 598 g/mol. The maximum Gasteiger partial charge on any atom is 0.335 e.